The number of nitrogens with zero attached hydrogens (tertiary/aromatic N) is 5. The van der Waals surface area contributed by atoms with Crippen LogP contribution in [0.25, 0.3) is 0 Å². The minimum Gasteiger partial charge on any atom is -0.463 e. The average molecular weight is 308 g/mol. The first-order chi connectivity index (χ1) is 10.1. The van der Waals surface area contributed by atoms with Crippen molar-refractivity contribution in [3.05, 3.63) is 11.8 Å². The van der Waals surface area contributed by atoms with Gasteiger partial charge < -0.3 is 10.1 Å². The summed E-state index contributed by atoms with van der Waals surface area (Å²) in [6, 6.07) is 2.35. The van der Waals surface area contributed by atoms with Gasteiger partial charge in [0.15, 0.2) is 0 Å². The Labute approximate surface area is 128 Å². The Morgan fingerprint density at radius 3 is 2.71 bits per heavy atom. The highest BCUT2D eigenvalue weighted by molar-refractivity contribution is 7.99. The molecule has 7 nitrogen and oxygen atoms in total. The normalized spacial score (nSPS) is 10.7. The van der Waals surface area contributed by atoms with Crippen LogP contribution in [0.5, 0.6) is 6.01 Å². The van der Waals surface area contributed by atoms with E-state index in [1.165, 1.54) is 11.8 Å². The first-order valence-corrected chi connectivity index (χ1v) is 7.75. The summed E-state index contributed by atoms with van der Waals surface area (Å²) >= 11 is 1.44. The van der Waals surface area contributed by atoms with E-state index in [2.05, 4.69) is 25.4 Å². The maximum atomic E-state index is 5.52. The van der Waals surface area contributed by atoms with Crippen molar-refractivity contribution in [3.8, 4) is 6.01 Å². The fraction of sp³-hybridized carbons (Fsp3) is 0.538. The summed E-state index contributed by atoms with van der Waals surface area (Å²) < 4.78 is 7.33. The van der Waals surface area contributed by atoms with E-state index in [1.54, 1.807) is 0 Å². The van der Waals surface area contributed by atoms with Crippen LogP contribution in [0.15, 0.2) is 16.2 Å². The number of hydrogen-bond donors (Lipinski definition) is 1. The zero-order valence-corrected chi connectivity index (χ0v) is 13.6. The zero-order valence-electron chi connectivity index (χ0n) is 12.8. The van der Waals surface area contributed by atoms with E-state index in [1.807, 2.05) is 38.6 Å². The highest BCUT2D eigenvalue weighted by Crippen LogP contribution is 2.26. The first kappa shape index (κ1) is 15.6. The van der Waals surface area contributed by atoms with Crippen LogP contribution in [0, 0.1) is 6.92 Å². The van der Waals surface area contributed by atoms with Gasteiger partial charge in [0.25, 0.3) is 0 Å². The number of hydrogen-bond acceptors (Lipinski definition) is 7. The van der Waals surface area contributed by atoms with Crippen LogP contribution in [-0.4, -0.2) is 37.9 Å². The number of anilines is 1. The van der Waals surface area contributed by atoms with Crippen molar-refractivity contribution < 1.29 is 4.74 Å². The Bertz CT molecular complexity index is 600. The minimum atomic E-state index is 0.351. The van der Waals surface area contributed by atoms with Gasteiger partial charge in [-0.15, -0.1) is 0 Å². The third-order valence-electron chi connectivity index (χ3n) is 2.52. The third-order valence-corrected chi connectivity index (χ3v) is 3.48. The number of ether oxygens (including phenoxy) is 1. The van der Waals surface area contributed by atoms with Crippen LogP contribution in [0.2, 0.25) is 0 Å². The molecule has 2 aromatic rings. The molecule has 21 heavy (non-hydrogen) atoms. The fourth-order valence-corrected chi connectivity index (χ4v) is 2.50. The molecule has 0 aliphatic heterocycles. The molecule has 0 unspecified atom stereocenters. The largest absolute Gasteiger partial charge is 0.463 e. The van der Waals surface area contributed by atoms with Crippen molar-refractivity contribution in [2.75, 3.05) is 18.5 Å². The lowest BCUT2D eigenvalue weighted by atomic mass is 10.5. The van der Waals surface area contributed by atoms with Crippen LogP contribution in [0.1, 0.15) is 26.0 Å². The summed E-state index contributed by atoms with van der Waals surface area (Å²) in [5.41, 5.74) is 0.961. The van der Waals surface area contributed by atoms with Gasteiger partial charge in [-0.2, -0.15) is 20.1 Å². The Morgan fingerprint density at radius 1 is 1.29 bits per heavy atom. The van der Waals surface area contributed by atoms with Gasteiger partial charge in [0, 0.05) is 13.6 Å². The molecule has 2 heterocycles. The topological polar surface area (TPSA) is 77.8 Å². The van der Waals surface area contributed by atoms with Crippen molar-refractivity contribution >= 4 is 17.7 Å². The molecule has 0 saturated carbocycles. The highest BCUT2D eigenvalue weighted by atomic mass is 32.2. The second-order valence-corrected chi connectivity index (χ2v) is 5.44. The van der Waals surface area contributed by atoms with Gasteiger partial charge in [-0.1, -0.05) is 6.92 Å². The van der Waals surface area contributed by atoms with E-state index < -0.39 is 0 Å². The number of nitrogens with one attached hydrogen (secondary N) is 1. The van der Waals surface area contributed by atoms with Crippen LogP contribution in [0.4, 0.5) is 5.95 Å². The molecule has 114 valence electrons. The molecular weight excluding hydrogens is 288 g/mol. The molecule has 0 saturated heterocycles. The minimum absolute atomic E-state index is 0.351. The lowest BCUT2D eigenvalue weighted by Gasteiger charge is -2.08. The van der Waals surface area contributed by atoms with Crippen LogP contribution in [-0.2, 0) is 7.05 Å². The maximum absolute atomic E-state index is 5.52. The molecule has 2 aromatic heterocycles. The molecule has 0 aromatic carbocycles. The summed E-state index contributed by atoms with van der Waals surface area (Å²) in [5, 5.41) is 8.98. The summed E-state index contributed by atoms with van der Waals surface area (Å²) in [6.07, 6.45) is 0.908. The molecule has 0 radical (unpaired) electrons. The average Bonchev–Trinajstić information content (AvgIpc) is 2.75. The van der Waals surface area contributed by atoms with Crippen molar-refractivity contribution in [1.82, 2.24) is 24.7 Å². The summed E-state index contributed by atoms with van der Waals surface area (Å²) in [5.74, 6) is 0.528. The van der Waals surface area contributed by atoms with Crippen molar-refractivity contribution in [3.63, 3.8) is 0 Å². The van der Waals surface area contributed by atoms with E-state index in [0.717, 1.165) is 23.7 Å². The molecule has 0 aliphatic rings. The molecule has 0 atom stereocenters. The van der Waals surface area contributed by atoms with Gasteiger partial charge in [0.2, 0.25) is 11.1 Å². The number of rotatable bonds is 7. The van der Waals surface area contributed by atoms with Crippen LogP contribution < -0.4 is 10.1 Å². The molecule has 1 N–H and O–H groups in total. The van der Waals surface area contributed by atoms with Gasteiger partial charge in [-0.3, -0.25) is 4.68 Å². The summed E-state index contributed by atoms with van der Waals surface area (Å²) in [4.78, 5) is 13.0. The summed E-state index contributed by atoms with van der Waals surface area (Å²) in [7, 11) is 1.90. The lowest BCUT2D eigenvalue weighted by molar-refractivity contribution is 0.288. The standard InChI is InChI=1S/C13H20N6OS/c1-5-7-20-12-15-11(14-6-2)16-13(17-12)21-10-8-9(3)18-19(10)4/h8H,5-7H2,1-4H3,(H,14,15,16,17). The number of aromatic nitrogens is 5. The Morgan fingerprint density at radius 2 is 2.10 bits per heavy atom. The van der Waals surface area contributed by atoms with Crippen LogP contribution >= 0.6 is 11.8 Å². The molecule has 0 spiro atoms. The zero-order chi connectivity index (χ0) is 15.2. The van der Waals surface area contributed by atoms with Crippen molar-refractivity contribution in [1.29, 1.82) is 0 Å². The predicted molar refractivity (Wildman–Crippen MR) is 81.8 cm³/mol. The SMILES string of the molecule is CCCOc1nc(NCC)nc(Sc2cc(C)nn2C)n1. The van der Waals surface area contributed by atoms with E-state index in [0.29, 0.717) is 23.7 Å². The third kappa shape index (κ3) is 4.32. The van der Waals surface area contributed by atoms with Crippen molar-refractivity contribution in [2.24, 2.45) is 7.05 Å². The second kappa shape index (κ2) is 7.26. The smallest absolute Gasteiger partial charge is 0.322 e. The molecule has 0 bridgehead atoms. The molecule has 2 rings (SSSR count). The molecule has 8 heteroatoms. The number of aryl methyl sites for hydroxylation is 2. The Balaban J connectivity index is 2.24. The van der Waals surface area contributed by atoms with E-state index >= 15 is 0 Å². The van der Waals surface area contributed by atoms with Gasteiger partial charge in [0.1, 0.15) is 5.03 Å². The van der Waals surface area contributed by atoms with E-state index in [4.69, 9.17) is 4.74 Å². The van der Waals surface area contributed by atoms with Gasteiger partial charge >= 0.3 is 6.01 Å². The molecule has 0 fully saturated rings. The second-order valence-electron chi connectivity index (χ2n) is 4.45. The van der Waals surface area contributed by atoms with Crippen molar-refractivity contribution in [2.45, 2.75) is 37.4 Å². The van der Waals surface area contributed by atoms with E-state index in [-0.39, 0.29) is 0 Å². The molecular formula is C13H20N6OS. The highest BCUT2D eigenvalue weighted by Gasteiger charge is 2.11. The van der Waals surface area contributed by atoms with Gasteiger partial charge in [-0.25, -0.2) is 0 Å². The van der Waals surface area contributed by atoms with Gasteiger partial charge in [0.05, 0.1) is 12.3 Å². The Hall–Kier alpha value is -1.83. The maximum Gasteiger partial charge on any atom is 0.322 e. The monoisotopic (exact) mass is 308 g/mol. The lowest BCUT2D eigenvalue weighted by Crippen LogP contribution is -2.08. The molecule has 0 aliphatic carbocycles. The summed E-state index contributed by atoms with van der Waals surface area (Å²) in [6.45, 7) is 7.32. The quantitative estimate of drug-likeness (QED) is 0.840. The predicted octanol–water partition coefficient (Wildman–Crippen LogP) is 2.29. The molecule has 0 amide bonds. The van der Waals surface area contributed by atoms with E-state index in [9.17, 15) is 0 Å². The van der Waals surface area contributed by atoms with Crippen LogP contribution in [0.3, 0.4) is 0 Å². The van der Waals surface area contributed by atoms with Gasteiger partial charge in [-0.05, 0) is 38.1 Å². The Kier molecular flexibility index (Phi) is 5.38. The fourth-order valence-electron chi connectivity index (χ4n) is 1.65. The first-order valence-electron chi connectivity index (χ1n) is 6.93.